The number of halogens is 1. The van der Waals surface area contributed by atoms with Gasteiger partial charge in [0.15, 0.2) is 0 Å². The number of nitrogens with zero attached hydrogens (tertiary/aromatic N) is 1. The number of amides is 2. The SMILES string of the molecule is O=C(Nc1ccc(Cl)cc1)C1CC=CCC1C(=O)Nc1ccccc1[N+](=O)[O-]. The molecule has 2 aromatic carbocycles. The van der Waals surface area contributed by atoms with Gasteiger partial charge in [-0.05, 0) is 43.2 Å². The van der Waals surface area contributed by atoms with Crippen LogP contribution in [0.2, 0.25) is 5.02 Å². The highest BCUT2D eigenvalue weighted by atomic mass is 35.5. The van der Waals surface area contributed by atoms with Crippen molar-refractivity contribution in [2.45, 2.75) is 12.8 Å². The summed E-state index contributed by atoms with van der Waals surface area (Å²) in [6.07, 6.45) is 4.50. The second-order valence-corrected chi connectivity index (χ2v) is 6.85. The number of nitrogens with one attached hydrogen (secondary N) is 2. The molecule has 0 saturated carbocycles. The summed E-state index contributed by atoms with van der Waals surface area (Å²) in [4.78, 5) is 36.1. The lowest BCUT2D eigenvalue weighted by Gasteiger charge is -2.26. The molecule has 28 heavy (non-hydrogen) atoms. The van der Waals surface area contributed by atoms with E-state index in [-0.39, 0.29) is 17.3 Å². The third-order valence-electron chi connectivity index (χ3n) is 4.58. The monoisotopic (exact) mass is 399 g/mol. The molecule has 144 valence electrons. The van der Waals surface area contributed by atoms with Crippen LogP contribution in [0.3, 0.4) is 0 Å². The Balaban J connectivity index is 1.75. The number of anilines is 2. The summed E-state index contributed by atoms with van der Waals surface area (Å²) in [5.41, 5.74) is 0.509. The average molecular weight is 400 g/mol. The first kappa shape index (κ1) is 19.6. The largest absolute Gasteiger partial charge is 0.326 e. The standard InChI is InChI=1S/C20H18ClN3O4/c21-13-9-11-14(12-10-13)22-19(25)15-5-1-2-6-16(15)20(26)23-17-7-3-4-8-18(17)24(27)28/h1-4,7-12,15-16H,5-6H2,(H,22,25)(H,23,26). The Hall–Kier alpha value is -3.19. The molecule has 1 aliphatic carbocycles. The zero-order valence-electron chi connectivity index (χ0n) is 14.8. The van der Waals surface area contributed by atoms with Gasteiger partial charge in [-0.25, -0.2) is 0 Å². The zero-order valence-corrected chi connectivity index (χ0v) is 15.6. The quantitative estimate of drug-likeness (QED) is 0.441. The van der Waals surface area contributed by atoms with Crippen LogP contribution in [-0.2, 0) is 9.59 Å². The summed E-state index contributed by atoms with van der Waals surface area (Å²) < 4.78 is 0. The molecule has 0 heterocycles. The van der Waals surface area contributed by atoms with Gasteiger partial charge in [-0.3, -0.25) is 19.7 Å². The van der Waals surface area contributed by atoms with Gasteiger partial charge in [0.2, 0.25) is 11.8 Å². The van der Waals surface area contributed by atoms with E-state index in [2.05, 4.69) is 10.6 Å². The molecule has 0 aliphatic heterocycles. The topological polar surface area (TPSA) is 101 Å². The van der Waals surface area contributed by atoms with Crippen molar-refractivity contribution in [2.75, 3.05) is 10.6 Å². The lowest BCUT2D eigenvalue weighted by Crippen LogP contribution is -2.37. The summed E-state index contributed by atoms with van der Waals surface area (Å²) in [5.74, 6) is -1.91. The van der Waals surface area contributed by atoms with Crippen LogP contribution in [0, 0.1) is 22.0 Å². The molecule has 8 heteroatoms. The molecule has 2 unspecified atom stereocenters. The maximum absolute atomic E-state index is 12.8. The van der Waals surface area contributed by atoms with Gasteiger partial charge >= 0.3 is 0 Å². The summed E-state index contributed by atoms with van der Waals surface area (Å²) >= 11 is 5.85. The van der Waals surface area contributed by atoms with Gasteiger partial charge in [0, 0.05) is 16.8 Å². The number of nitro benzene ring substituents is 1. The van der Waals surface area contributed by atoms with Crippen LogP contribution in [0.15, 0.2) is 60.7 Å². The molecule has 2 amide bonds. The van der Waals surface area contributed by atoms with Crippen molar-refractivity contribution in [3.63, 3.8) is 0 Å². The zero-order chi connectivity index (χ0) is 20.1. The highest BCUT2D eigenvalue weighted by Gasteiger charge is 2.34. The summed E-state index contributed by atoms with van der Waals surface area (Å²) in [7, 11) is 0. The van der Waals surface area contributed by atoms with Gasteiger partial charge < -0.3 is 10.6 Å². The normalized spacial score (nSPS) is 18.3. The van der Waals surface area contributed by atoms with Crippen LogP contribution in [0.4, 0.5) is 17.1 Å². The Morgan fingerprint density at radius 2 is 1.50 bits per heavy atom. The van der Waals surface area contributed by atoms with Crippen molar-refractivity contribution >= 4 is 40.5 Å². The van der Waals surface area contributed by atoms with Crippen molar-refractivity contribution in [2.24, 2.45) is 11.8 Å². The number of benzene rings is 2. The van der Waals surface area contributed by atoms with E-state index < -0.39 is 22.7 Å². The molecule has 0 aromatic heterocycles. The number of rotatable bonds is 5. The van der Waals surface area contributed by atoms with Crippen molar-refractivity contribution in [1.29, 1.82) is 0 Å². The molecule has 2 aromatic rings. The van der Waals surface area contributed by atoms with Crippen molar-refractivity contribution in [3.8, 4) is 0 Å². The van der Waals surface area contributed by atoms with E-state index in [9.17, 15) is 19.7 Å². The van der Waals surface area contributed by atoms with E-state index in [1.165, 1.54) is 18.2 Å². The highest BCUT2D eigenvalue weighted by molar-refractivity contribution is 6.30. The first-order valence-electron chi connectivity index (χ1n) is 8.71. The molecule has 0 fully saturated rings. The summed E-state index contributed by atoms with van der Waals surface area (Å²) in [6, 6.07) is 12.6. The first-order chi connectivity index (χ1) is 13.5. The van der Waals surface area contributed by atoms with Crippen molar-refractivity contribution < 1.29 is 14.5 Å². The molecular weight excluding hydrogens is 382 g/mol. The minimum atomic E-state index is -0.628. The van der Waals surface area contributed by atoms with Gasteiger partial charge in [0.05, 0.1) is 16.8 Å². The number of allylic oxidation sites excluding steroid dienone is 2. The van der Waals surface area contributed by atoms with Crippen molar-refractivity contribution in [3.05, 3.63) is 75.8 Å². The molecule has 0 saturated heterocycles. The van der Waals surface area contributed by atoms with Crippen LogP contribution < -0.4 is 10.6 Å². The molecule has 3 rings (SSSR count). The number of para-hydroxylation sites is 2. The summed E-state index contributed by atoms with van der Waals surface area (Å²) in [6.45, 7) is 0. The van der Waals surface area contributed by atoms with Gasteiger partial charge in [0.25, 0.3) is 5.69 Å². The Kier molecular flexibility index (Phi) is 6.06. The molecule has 2 N–H and O–H groups in total. The lowest BCUT2D eigenvalue weighted by molar-refractivity contribution is -0.383. The second-order valence-electron chi connectivity index (χ2n) is 6.42. The highest BCUT2D eigenvalue weighted by Crippen LogP contribution is 2.30. The minimum Gasteiger partial charge on any atom is -0.326 e. The van der Waals surface area contributed by atoms with Gasteiger partial charge in [0.1, 0.15) is 5.69 Å². The molecule has 1 aliphatic rings. The summed E-state index contributed by atoms with van der Waals surface area (Å²) in [5, 5.41) is 17.1. The van der Waals surface area contributed by atoms with E-state index in [0.29, 0.717) is 23.6 Å². The Labute approximate surface area is 166 Å². The Morgan fingerprint density at radius 1 is 0.929 bits per heavy atom. The fourth-order valence-electron chi connectivity index (χ4n) is 3.13. The van der Waals surface area contributed by atoms with Gasteiger partial charge in [-0.15, -0.1) is 0 Å². The number of hydrogen-bond donors (Lipinski definition) is 2. The van der Waals surface area contributed by atoms with Crippen LogP contribution in [0.25, 0.3) is 0 Å². The van der Waals surface area contributed by atoms with Crippen molar-refractivity contribution in [1.82, 2.24) is 0 Å². The Morgan fingerprint density at radius 3 is 2.11 bits per heavy atom. The molecule has 0 spiro atoms. The molecule has 0 radical (unpaired) electrons. The first-order valence-corrected chi connectivity index (χ1v) is 9.09. The molecule has 2 atom stereocenters. The number of carbonyl (C=O) groups is 2. The molecule has 7 nitrogen and oxygen atoms in total. The predicted molar refractivity (Wildman–Crippen MR) is 107 cm³/mol. The predicted octanol–water partition coefficient (Wildman–Crippen LogP) is 4.41. The molecule has 0 bridgehead atoms. The number of hydrogen-bond acceptors (Lipinski definition) is 4. The van der Waals surface area contributed by atoms with Crippen LogP contribution in [-0.4, -0.2) is 16.7 Å². The van der Waals surface area contributed by atoms with E-state index in [4.69, 9.17) is 11.6 Å². The van der Waals surface area contributed by atoms with Gasteiger partial charge in [-0.2, -0.15) is 0 Å². The maximum atomic E-state index is 12.8. The average Bonchev–Trinajstić information content (AvgIpc) is 2.70. The third-order valence-corrected chi connectivity index (χ3v) is 4.83. The van der Waals surface area contributed by atoms with Crippen LogP contribution >= 0.6 is 11.6 Å². The molecular formula is C20H18ClN3O4. The second kappa shape index (κ2) is 8.67. The van der Waals surface area contributed by atoms with E-state index in [0.717, 1.165) is 0 Å². The third kappa shape index (κ3) is 4.55. The minimum absolute atomic E-state index is 0.115. The van der Waals surface area contributed by atoms with Crippen LogP contribution in [0.1, 0.15) is 12.8 Å². The maximum Gasteiger partial charge on any atom is 0.292 e. The smallest absolute Gasteiger partial charge is 0.292 e. The fourth-order valence-corrected chi connectivity index (χ4v) is 3.25. The number of carbonyl (C=O) groups excluding carboxylic acids is 2. The van der Waals surface area contributed by atoms with E-state index >= 15 is 0 Å². The number of nitro groups is 1. The fraction of sp³-hybridized carbons (Fsp3) is 0.200. The van der Waals surface area contributed by atoms with E-state index in [1.54, 1.807) is 30.3 Å². The Bertz CT molecular complexity index is 927. The van der Waals surface area contributed by atoms with Crippen LogP contribution in [0.5, 0.6) is 0 Å². The van der Waals surface area contributed by atoms with Gasteiger partial charge in [-0.1, -0.05) is 35.9 Å². The van der Waals surface area contributed by atoms with E-state index in [1.807, 2.05) is 12.2 Å². The lowest BCUT2D eigenvalue weighted by atomic mass is 9.81.